The molecule has 0 saturated carbocycles. The van der Waals surface area contributed by atoms with Crippen LogP contribution in [0, 0.1) is 5.92 Å². The number of aromatic nitrogens is 1. The summed E-state index contributed by atoms with van der Waals surface area (Å²) in [6.45, 7) is 16.9. The van der Waals surface area contributed by atoms with E-state index in [2.05, 4.69) is 111 Å². The van der Waals surface area contributed by atoms with Gasteiger partial charge >= 0.3 is 0 Å². The van der Waals surface area contributed by atoms with Gasteiger partial charge in [0.1, 0.15) is 0 Å². The highest BCUT2D eigenvalue weighted by atomic mass is 15.2. The second-order valence-corrected chi connectivity index (χ2v) is 8.51. The maximum Gasteiger partial charge on any atom is 0.0704 e. The van der Waals surface area contributed by atoms with E-state index in [9.17, 15) is 0 Å². The zero-order valence-electron chi connectivity index (χ0n) is 19.3. The molecule has 1 aromatic heterocycles. The predicted molar refractivity (Wildman–Crippen MR) is 134 cm³/mol. The number of benzene rings is 2. The molecule has 0 saturated heterocycles. The maximum absolute atomic E-state index is 4.60. The minimum Gasteiger partial charge on any atom is -0.295 e. The fourth-order valence-corrected chi connectivity index (χ4v) is 4.76. The van der Waals surface area contributed by atoms with Crippen LogP contribution in [0.4, 0.5) is 0 Å². The van der Waals surface area contributed by atoms with Crippen LogP contribution in [0.3, 0.4) is 0 Å². The topological polar surface area (TPSA) is 16.1 Å². The van der Waals surface area contributed by atoms with Gasteiger partial charge < -0.3 is 0 Å². The first-order valence-corrected chi connectivity index (χ1v) is 11.5. The molecular weight excluding hydrogens is 376 g/mol. The first-order valence-electron chi connectivity index (χ1n) is 11.5. The third-order valence-electron chi connectivity index (χ3n) is 6.45. The maximum atomic E-state index is 4.60. The van der Waals surface area contributed by atoms with E-state index < -0.39 is 0 Å². The van der Waals surface area contributed by atoms with Gasteiger partial charge in [0.15, 0.2) is 0 Å². The highest BCUT2D eigenvalue weighted by molar-refractivity contribution is 5.82. The van der Waals surface area contributed by atoms with E-state index in [0.29, 0.717) is 12.0 Å². The van der Waals surface area contributed by atoms with E-state index in [1.165, 1.54) is 22.1 Å². The fourth-order valence-electron chi connectivity index (χ4n) is 4.76. The summed E-state index contributed by atoms with van der Waals surface area (Å²) in [6, 6.07) is 22.0. The summed E-state index contributed by atoms with van der Waals surface area (Å²) >= 11 is 0. The number of fused-ring (bicyclic) bond motifs is 1. The van der Waals surface area contributed by atoms with E-state index in [1.807, 2.05) is 6.20 Å². The van der Waals surface area contributed by atoms with Gasteiger partial charge in [0.25, 0.3) is 0 Å². The molecule has 162 valence electrons. The van der Waals surface area contributed by atoms with Gasteiger partial charge in [-0.2, -0.15) is 0 Å². The summed E-state index contributed by atoms with van der Waals surface area (Å²) in [5, 5.41) is 1.27. The molecule has 0 N–H and O–H groups in total. The summed E-state index contributed by atoms with van der Waals surface area (Å²) in [5.41, 5.74) is 5.00. The number of rotatable bonds is 11. The third-order valence-corrected chi connectivity index (χ3v) is 6.45. The minimum absolute atomic E-state index is 0.282. The van der Waals surface area contributed by atoms with Crippen molar-refractivity contribution in [2.45, 2.75) is 52.1 Å². The summed E-state index contributed by atoms with van der Waals surface area (Å²) < 4.78 is 0. The van der Waals surface area contributed by atoms with Crippen LogP contribution in [-0.4, -0.2) is 22.5 Å². The minimum atomic E-state index is 0.282. The molecular formula is C29H36N2. The largest absolute Gasteiger partial charge is 0.295 e. The number of hydrogen-bond donors (Lipinski definition) is 0. The van der Waals surface area contributed by atoms with Gasteiger partial charge in [-0.25, -0.2) is 0 Å². The van der Waals surface area contributed by atoms with E-state index in [0.717, 1.165) is 31.4 Å². The molecule has 0 radical (unpaired) electrons. The first kappa shape index (κ1) is 23.0. The highest BCUT2D eigenvalue weighted by Gasteiger charge is 2.29. The van der Waals surface area contributed by atoms with Gasteiger partial charge in [-0.1, -0.05) is 80.6 Å². The van der Waals surface area contributed by atoms with E-state index in [4.69, 9.17) is 0 Å². The van der Waals surface area contributed by atoms with Crippen molar-refractivity contribution in [3.05, 3.63) is 103 Å². The Morgan fingerprint density at radius 2 is 1.71 bits per heavy atom. The van der Waals surface area contributed by atoms with Crippen LogP contribution in [0.1, 0.15) is 50.7 Å². The van der Waals surface area contributed by atoms with Crippen LogP contribution in [0.15, 0.2) is 91.7 Å². The van der Waals surface area contributed by atoms with E-state index in [-0.39, 0.29) is 5.92 Å². The number of para-hydroxylation sites is 1. The highest BCUT2D eigenvalue weighted by Crippen LogP contribution is 2.34. The molecule has 3 rings (SSSR count). The molecule has 0 amide bonds. The van der Waals surface area contributed by atoms with Gasteiger partial charge in [-0.05, 0) is 48.9 Å². The zero-order chi connectivity index (χ0) is 22.2. The Hall–Kier alpha value is -2.71. The lowest BCUT2D eigenvalue weighted by molar-refractivity contribution is 0.145. The Bertz CT molecular complexity index is 987. The summed E-state index contributed by atoms with van der Waals surface area (Å²) in [5.74, 6) is 0.710. The number of hydrogen-bond acceptors (Lipinski definition) is 2. The van der Waals surface area contributed by atoms with E-state index in [1.54, 1.807) is 0 Å². The van der Waals surface area contributed by atoms with Crippen molar-refractivity contribution in [3.8, 4) is 0 Å². The average molecular weight is 413 g/mol. The molecule has 0 aliphatic rings. The van der Waals surface area contributed by atoms with Crippen LogP contribution in [-0.2, 0) is 6.54 Å². The molecule has 2 heteroatoms. The first-order chi connectivity index (χ1) is 15.1. The predicted octanol–water partition coefficient (Wildman–Crippen LogP) is 7.39. The SMILES string of the molecule is C=CC(CN(Cc1ccccc1)C(CC)C(CC)c1ccnc2ccccc12)C(=C)C. The molecule has 0 aliphatic heterocycles. The van der Waals surface area contributed by atoms with Crippen LogP contribution < -0.4 is 0 Å². The normalized spacial score (nSPS) is 14.3. The summed E-state index contributed by atoms with van der Waals surface area (Å²) in [7, 11) is 0. The molecule has 2 nitrogen and oxygen atoms in total. The number of nitrogens with zero attached hydrogens (tertiary/aromatic N) is 2. The lowest BCUT2D eigenvalue weighted by atomic mass is 9.84. The Kier molecular flexibility index (Phi) is 8.20. The van der Waals surface area contributed by atoms with Crippen molar-refractivity contribution >= 4 is 10.9 Å². The summed E-state index contributed by atoms with van der Waals surface area (Å²) in [4.78, 5) is 7.26. The summed E-state index contributed by atoms with van der Waals surface area (Å²) in [6.07, 6.45) is 6.19. The smallest absolute Gasteiger partial charge is 0.0704 e. The van der Waals surface area contributed by atoms with Crippen molar-refractivity contribution in [1.29, 1.82) is 0 Å². The molecule has 2 aromatic carbocycles. The quantitative estimate of drug-likeness (QED) is 0.305. The molecule has 1 heterocycles. The number of pyridine rings is 1. The lowest BCUT2D eigenvalue weighted by Crippen LogP contribution is -2.41. The van der Waals surface area contributed by atoms with Crippen LogP contribution >= 0.6 is 0 Å². The second-order valence-electron chi connectivity index (χ2n) is 8.51. The monoisotopic (exact) mass is 412 g/mol. The van der Waals surface area contributed by atoms with Crippen LogP contribution in [0.5, 0.6) is 0 Å². The molecule has 0 aliphatic carbocycles. The molecule has 0 bridgehead atoms. The van der Waals surface area contributed by atoms with Gasteiger partial charge in [0, 0.05) is 36.6 Å². The standard InChI is InChI=1S/C29H36N2/c1-6-24(22(4)5)21-31(20-23-14-10-9-11-15-23)29(8-3)25(7-2)26-18-19-30-28-17-13-12-16-27(26)28/h6,9-19,24-25,29H,1,4,7-8,20-21H2,2-3,5H3. The zero-order valence-corrected chi connectivity index (χ0v) is 19.3. The van der Waals surface area contributed by atoms with Crippen molar-refractivity contribution in [2.24, 2.45) is 5.92 Å². The second kappa shape index (κ2) is 11.1. The van der Waals surface area contributed by atoms with Gasteiger partial charge in [0.2, 0.25) is 0 Å². The van der Waals surface area contributed by atoms with Crippen molar-refractivity contribution < 1.29 is 0 Å². The molecule has 3 aromatic rings. The molecule has 31 heavy (non-hydrogen) atoms. The Labute approximate surface area is 188 Å². The van der Waals surface area contributed by atoms with Crippen molar-refractivity contribution in [2.75, 3.05) is 6.54 Å². The average Bonchev–Trinajstić information content (AvgIpc) is 2.80. The van der Waals surface area contributed by atoms with Gasteiger partial charge in [-0.3, -0.25) is 9.88 Å². The van der Waals surface area contributed by atoms with Crippen molar-refractivity contribution in [3.63, 3.8) is 0 Å². The van der Waals surface area contributed by atoms with Gasteiger partial charge in [-0.15, -0.1) is 6.58 Å². The Balaban J connectivity index is 2.02. The molecule has 0 spiro atoms. The van der Waals surface area contributed by atoms with Gasteiger partial charge in [0.05, 0.1) is 5.52 Å². The molecule has 3 unspecified atom stereocenters. The van der Waals surface area contributed by atoms with Crippen LogP contribution in [0.2, 0.25) is 0 Å². The molecule has 0 fully saturated rings. The van der Waals surface area contributed by atoms with E-state index >= 15 is 0 Å². The Morgan fingerprint density at radius 1 is 1.00 bits per heavy atom. The van der Waals surface area contributed by atoms with Crippen molar-refractivity contribution in [1.82, 2.24) is 9.88 Å². The van der Waals surface area contributed by atoms with Crippen LogP contribution in [0.25, 0.3) is 10.9 Å². The Morgan fingerprint density at radius 3 is 2.35 bits per heavy atom. The third kappa shape index (κ3) is 5.51. The molecule has 3 atom stereocenters. The fraction of sp³-hybridized carbons (Fsp3) is 0.345. The lowest BCUT2D eigenvalue weighted by Gasteiger charge is -2.39.